The van der Waals surface area contributed by atoms with Crippen molar-refractivity contribution in [3.63, 3.8) is 0 Å². The Balaban J connectivity index is 2.30. The van der Waals surface area contributed by atoms with Crippen LogP contribution in [0.15, 0.2) is 30.3 Å². The minimum absolute atomic E-state index is 0.370. The smallest absolute Gasteiger partial charge is 0.148 e. The van der Waals surface area contributed by atoms with Gasteiger partial charge in [0.25, 0.3) is 0 Å². The Labute approximate surface area is 199 Å². The minimum atomic E-state index is -0.376. The van der Waals surface area contributed by atoms with Gasteiger partial charge in [-0.3, -0.25) is 0 Å². The standard InChI is InChI=1S/C29H53NO2/c1-4-5-6-7-8-9-10-11-12-13-14-15-19-22-29(23-28-20-17-16-18-21-28)30(24-26(2)31)25-27(3)32/h16-18,20-21,26-27,29,31-32H,4-15,19,22-25H2,1-3H3/q+1. The topological polar surface area (TPSA) is 46.4 Å². The third-order valence-electron chi connectivity index (χ3n) is 6.47. The van der Waals surface area contributed by atoms with Gasteiger partial charge in [-0.1, -0.05) is 114 Å². The van der Waals surface area contributed by atoms with E-state index >= 15 is 0 Å². The summed E-state index contributed by atoms with van der Waals surface area (Å²) in [5.74, 6) is 0. The van der Waals surface area contributed by atoms with Crippen LogP contribution < -0.4 is 4.90 Å². The molecule has 3 heteroatoms. The highest BCUT2D eigenvalue weighted by atomic mass is 16.3. The van der Waals surface area contributed by atoms with E-state index in [-0.39, 0.29) is 12.2 Å². The molecule has 3 nitrogen and oxygen atoms in total. The molecule has 0 aliphatic rings. The van der Waals surface area contributed by atoms with Crippen LogP contribution in [0.25, 0.3) is 0 Å². The van der Waals surface area contributed by atoms with Crippen molar-refractivity contribution < 1.29 is 10.2 Å². The highest BCUT2D eigenvalue weighted by molar-refractivity contribution is 5.16. The maximum atomic E-state index is 10.0. The van der Waals surface area contributed by atoms with Crippen LogP contribution in [-0.4, -0.2) is 41.6 Å². The van der Waals surface area contributed by atoms with Crippen LogP contribution >= 0.6 is 0 Å². The van der Waals surface area contributed by atoms with Crippen LogP contribution in [0.4, 0.5) is 0 Å². The van der Waals surface area contributed by atoms with Crippen molar-refractivity contribution in [2.45, 2.75) is 135 Å². The fraction of sp³-hybridized carbons (Fsp3) is 0.793. The van der Waals surface area contributed by atoms with E-state index in [1.165, 1.54) is 89.0 Å². The lowest BCUT2D eigenvalue weighted by Gasteiger charge is -2.25. The molecule has 2 N–H and O–H groups in total. The second-order valence-electron chi connectivity index (χ2n) is 10.0. The monoisotopic (exact) mass is 447 g/mol. The predicted octanol–water partition coefficient (Wildman–Crippen LogP) is 6.98. The van der Waals surface area contributed by atoms with E-state index in [4.69, 9.17) is 0 Å². The fourth-order valence-corrected chi connectivity index (χ4v) is 4.75. The molecule has 0 aliphatic carbocycles. The number of aliphatic hydroxyl groups is 2. The summed E-state index contributed by atoms with van der Waals surface area (Å²) >= 11 is 0. The van der Waals surface area contributed by atoms with E-state index in [0.717, 1.165) is 12.8 Å². The van der Waals surface area contributed by atoms with Crippen LogP contribution in [0.5, 0.6) is 0 Å². The first-order valence-corrected chi connectivity index (χ1v) is 13.7. The molecule has 0 saturated heterocycles. The summed E-state index contributed by atoms with van der Waals surface area (Å²) in [5, 5.41) is 20.0. The van der Waals surface area contributed by atoms with Crippen LogP contribution in [0.3, 0.4) is 0 Å². The molecular weight excluding hydrogens is 394 g/mol. The van der Waals surface area contributed by atoms with E-state index in [0.29, 0.717) is 19.1 Å². The van der Waals surface area contributed by atoms with Crippen molar-refractivity contribution in [2.24, 2.45) is 0 Å². The van der Waals surface area contributed by atoms with Gasteiger partial charge in [-0.05, 0) is 25.8 Å². The van der Waals surface area contributed by atoms with Gasteiger partial charge in [0.05, 0.1) is 0 Å². The summed E-state index contributed by atoms with van der Waals surface area (Å²) in [6.07, 6.45) is 19.2. The Hall–Kier alpha value is -0.900. The van der Waals surface area contributed by atoms with Gasteiger partial charge in [-0.15, -0.1) is 0 Å². The van der Waals surface area contributed by atoms with Crippen LogP contribution in [0, 0.1) is 0 Å². The van der Waals surface area contributed by atoms with E-state index in [1.54, 1.807) is 0 Å². The molecule has 185 valence electrons. The number of hydrogen-bond donors (Lipinski definition) is 2. The van der Waals surface area contributed by atoms with Gasteiger partial charge in [0, 0.05) is 12.8 Å². The Morgan fingerprint density at radius 2 is 1.09 bits per heavy atom. The van der Waals surface area contributed by atoms with Crippen molar-refractivity contribution in [2.75, 3.05) is 13.1 Å². The fourth-order valence-electron chi connectivity index (χ4n) is 4.75. The summed E-state index contributed by atoms with van der Waals surface area (Å²) in [6.45, 7) is 7.23. The molecule has 1 aromatic carbocycles. The first kappa shape index (κ1) is 29.1. The average Bonchev–Trinajstić information content (AvgIpc) is 2.75. The Morgan fingerprint density at radius 1 is 0.656 bits per heavy atom. The number of hydrogen-bond acceptors (Lipinski definition) is 3. The molecule has 3 unspecified atom stereocenters. The van der Waals surface area contributed by atoms with Crippen molar-refractivity contribution in [1.82, 2.24) is 4.90 Å². The first-order valence-electron chi connectivity index (χ1n) is 13.7. The number of rotatable bonds is 21. The van der Waals surface area contributed by atoms with Crippen molar-refractivity contribution in [1.29, 1.82) is 0 Å². The van der Waals surface area contributed by atoms with E-state index in [9.17, 15) is 10.2 Å². The minimum Gasteiger partial charge on any atom is -0.387 e. The van der Waals surface area contributed by atoms with Gasteiger partial charge in [-0.25, -0.2) is 0 Å². The summed E-state index contributed by atoms with van der Waals surface area (Å²) < 4.78 is 0. The van der Waals surface area contributed by atoms with Gasteiger partial charge < -0.3 is 10.2 Å². The van der Waals surface area contributed by atoms with Gasteiger partial charge in [0.1, 0.15) is 31.3 Å². The Kier molecular flexibility index (Phi) is 17.8. The summed E-state index contributed by atoms with van der Waals surface area (Å²) in [4.78, 5) is 2.31. The highest BCUT2D eigenvalue weighted by Gasteiger charge is 2.30. The number of benzene rings is 1. The normalized spacial score (nSPS) is 14.6. The lowest BCUT2D eigenvalue weighted by molar-refractivity contribution is 0.106. The third-order valence-corrected chi connectivity index (χ3v) is 6.47. The molecule has 0 heterocycles. The van der Waals surface area contributed by atoms with Crippen LogP contribution in [-0.2, 0) is 6.42 Å². The Morgan fingerprint density at radius 3 is 1.53 bits per heavy atom. The number of nitrogens with zero attached hydrogens (tertiary/aromatic N) is 1. The van der Waals surface area contributed by atoms with Gasteiger partial charge in [-0.2, -0.15) is 4.90 Å². The summed E-state index contributed by atoms with van der Waals surface area (Å²) in [6, 6.07) is 11.0. The quantitative estimate of drug-likeness (QED) is 0.158. The summed E-state index contributed by atoms with van der Waals surface area (Å²) in [7, 11) is 0. The Bertz CT molecular complexity index is 507. The zero-order valence-corrected chi connectivity index (χ0v) is 21.5. The third kappa shape index (κ3) is 15.8. The molecule has 0 fully saturated rings. The SMILES string of the molecule is CCCCCCCCCCCCCCCC(Cc1ccccc1)[N+](CC(C)O)CC(C)O. The zero-order valence-electron chi connectivity index (χ0n) is 21.5. The molecule has 1 rings (SSSR count). The van der Waals surface area contributed by atoms with Gasteiger partial charge in [0.15, 0.2) is 0 Å². The molecule has 0 aromatic heterocycles. The van der Waals surface area contributed by atoms with Crippen molar-refractivity contribution >= 4 is 0 Å². The molecule has 0 bridgehead atoms. The molecule has 0 amide bonds. The molecule has 0 saturated carbocycles. The zero-order chi connectivity index (χ0) is 23.4. The van der Waals surface area contributed by atoms with Crippen LogP contribution in [0.2, 0.25) is 0 Å². The molecule has 0 aliphatic heterocycles. The van der Waals surface area contributed by atoms with Gasteiger partial charge in [0.2, 0.25) is 0 Å². The molecule has 1 radical (unpaired) electrons. The number of unbranched alkanes of at least 4 members (excludes halogenated alkanes) is 12. The van der Waals surface area contributed by atoms with E-state index in [2.05, 4.69) is 42.2 Å². The largest absolute Gasteiger partial charge is 0.387 e. The molecule has 0 spiro atoms. The van der Waals surface area contributed by atoms with Crippen molar-refractivity contribution in [3.05, 3.63) is 35.9 Å². The lowest BCUT2D eigenvalue weighted by atomic mass is 9.97. The second-order valence-corrected chi connectivity index (χ2v) is 10.0. The van der Waals surface area contributed by atoms with Crippen LogP contribution in [0.1, 0.15) is 116 Å². The molecule has 1 aromatic rings. The molecule has 32 heavy (non-hydrogen) atoms. The highest BCUT2D eigenvalue weighted by Crippen LogP contribution is 2.17. The molecular formula is C29H53NO2+. The maximum absolute atomic E-state index is 10.0. The van der Waals surface area contributed by atoms with E-state index in [1.807, 2.05) is 13.8 Å². The maximum Gasteiger partial charge on any atom is 0.148 e. The predicted molar refractivity (Wildman–Crippen MR) is 139 cm³/mol. The summed E-state index contributed by atoms with van der Waals surface area (Å²) in [5.41, 5.74) is 1.34. The van der Waals surface area contributed by atoms with Crippen molar-refractivity contribution in [3.8, 4) is 0 Å². The lowest BCUT2D eigenvalue weighted by Crippen LogP contribution is -2.49. The molecule has 3 atom stereocenters. The average molecular weight is 448 g/mol. The number of aliphatic hydroxyl groups excluding tert-OH is 2. The first-order chi connectivity index (χ1) is 15.5. The van der Waals surface area contributed by atoms with E-state index < -0.39 is 0 Å². The van der Waals surface area contributed by atoms with Gasteiger partial charge >= 0.3 is 0 Å². The second kappa shape index (κ2) is 19.6.